The summed E-state index contributed by atoms with van der Waals surface area (Å²) < 4.78 is 0. The molecule has 1 aromatic carbocycles. The molecule has 4 N–H and O–H groups in total. The summed E-state index contributed by atoms with van der Waals surface area (Å²) >= 11 is 0. The van der Waals surface area contributed by atoms with Crippen LogP contribution in [0.25, 0.3) is 0 Å². The Kier molecular flexibility index (Phi) is 4.14. The van der Waals surface area contributed by atoms with E-state index in [1.54, 1.807) is 6.07 Å². The van der Waals surface area contributed by atoms with Crippen LogP contribution in [0.2, 0.25) is 0 Å². The van der Waals surface area contributed by atoms with E-state index in [9.17, 15) is 0 Å². The van der Waals surface area contributed by atoms with Crippen molar-refractivity contribution in [1.82, 2.24) is 9.97 Å². The number of rotatable bonds is 3. The fraction of sp³-hybridized carbons (Fsp3) is 0.375. The van der Waals surface area contributed by atoms with Gasteiger partial charge in [0.2, 0.25) is 0 Å². The maximum atomic E-state index is 5.51. The molecular formula is C16H23N5. The molecule has 0 unspecified atom stereocenters. The summed E-state index contributed by atoms with van der Waals surface area (Å²) in [5.74, 6) is 7.58. The fourth-order valence-corrected chi connectivity index (χ4v) is 2.01. The molecule has 112 valence electrons. The molecule has 0 bridgehead atoms. The predicted octanol–water partition coefficient (Wildman–Crippen LogP) is 3.42. The van der Waals surface area contributed by atoms with E-state index in [-0.39, 0.29) is 5.41 Å². The molecule has 0 fully saturated rings. The normalized spacial score (nSPS) is 11.3. The lowest BCUT2D eigenvalue weighted by Crippen LogP contribution is -2.19. The first kappa shape index (κ1) is 15.3. The van der Waals surface area contributed by atoms with Gasteiger partial charge >= 0.3 is 0 Å². The predicted molar refractivity (Wildman–Crippen MR) is 87.7 cm³/mol. The molecule has 0 aliphatic rings. The quantitative estimate of drug-likeness (QED) is 0.595. The Bertz CT molecular complexity index is 644. The van der Waals surface area contributed by atoms with Crippen molar-refractivity contribution in [2.75, 3.05) is 10.7 Å². The number of nitrogens with two attached hydrogens (primary N) is 1. The lowest BCUT2D eigenvalue weighted by atomic mass is 9.96. The van der Waals surface area contributed by atoms with E-state index < -0.39 is 0 Å². The van der Waals surface area contributed by atoms with Gasteiger partial charge < -0.3 is 10.7 Å². The van der Waals surface area contributed by atoms with Crippen LogP contribution >= 0.6 is 0 Å². The number of aromatic nitrogens is 2. The van der Waals surface area contributed by atoms with E-state index in [0.29, 0.717) is 5.82 Å². The highest BCUT2D eigenvalue weighted by atomic mass is 15.3. The van der Waals surface area contributed by atoms with Crippen LogP contribution in [0.15, 0.2) is 24.3 Å². The van der Waals surface area contributed by atoms with E-state index in [4.69, 9.17) is 5.84 Å². The van der Waals surface area contributed by atoms with Gasteiger partial charge in [-0.3, -0.25) is 0 Å². The number of nitrogen functional groups attached to an aromatic ring is 1. The largest absolute Gasteiger partial charge is 0.340 e. The van der Waals surface area contributed by atoms with Crippen molar-refractivity contribution in [3.8, 4) is 0 Å². The molecule has 2 rings (SSSR count). The molecule has 1 heterocycles. The highest BCUT2D eigenvalue weighted by Crippen LogP contribution is 2.25. The SMILES string of the molecule is Cc1ccc(Nc2cc(NN)nc(C(C)(C)C)n2)c(C)c1. The number of hydrazine groups is 1. The van der Waals surface area contributed by atoms with Crippen molar-refractivity contribution in [2.24, 2.45) is 5.84 Å². The van der Waals surface area contributed by atoms with E-state index in [2.05, 4.69) is 73.5 Å². The Morgan fingerprint density at radius 2 is 1.67 bits per heavy atom. The molecular weight excluding hydrogens is 262 g/mol. The minimum absolute atomic E-state index is 0.147. The third kappa shape index (κ3) is 3.70. The number of nitrogens with one attached hydrogen (secondary N) is 2. The highest BCUT2D eigenvalue weighted by molar-refractivity contribution is 5.63. The molecule has 0 aliphatic heterocycles. The molecule has 5 nitrogen and oxygen atoms in total. The summed E-state index contributed by atoms with van der Waals surface area (Å²) in [5.41, 5.74) is 5.89. The molecule has 0 saturated carbocycles. The number of anilines is 3. The van der Waals surface area contributed by atoms with Crippen LogP contribution in [0.5, 0.6) is 0 Å². The van der Waals surface area contributed by atoms with Crippen molar-refractivity contribution >= 4 is 17.3 Å². The molecule has 2 aromatic rings. The molecule has 0 radical (unpaired) electrons. The van der Waals surface area contributed by atoms with E-state index in [1.165, 1.54) is 11.1 Å². The highest BCUT2D eigenvalue weighted by Gasteiger charge is 2.19. The Labute approximate surface area is 126 Å². The summed E-state index contributed by atoms with van der Waals surface area (Å²) in [6.45, 7) is 10.4. The van der Waals surface area contributed by atoms with Crippen LogP contribution in [0, 0.1) is 13.8 Å². The number of hydrogen-bond acceptors (Lipinski definition) is 5. The summed E-state index contributed by atoms with van der Waals surface area (Å²) in [7, 11) is 0. The summed E-state index contributed by atoms with van der Waals surface area (Å²) in [5, 5.41) is 3.34. The summed E-state index contributed by atoms with van der Waals surface area (Å²) in [6, 6.07) is 8.06. The second kappa shape index (κ2) is 5.69. The van der Waals surface area contributed by atoms with Gasteiger partial charge in [-0.25, -0.2) is 15.8 Å². The zero-order chi connectivity index (χ0) is 15.6. The maximum Gasteiger partial charge on any atom is 0.145 e. The van der Waals surface area contributed by atoms with Gasteiger partial charge in [0.25, 0.3) is 0 Å². The first-order valence-electron chi connectivity index (χ1n) is 7.00. The first-order valence-corrected chi connectivity index (χ1v) is 7.00. The van der Waals surface area contributed by atoms with Crippen LogP contribution in [-0.4, -0.2) is 9.97 Å². The summed E-state index contributed by atoms with van der Waals surface area (Å²) in [6.07, 6.45) is 0. The summed E-state index contributed by atoms with van der Waals surface area (Å²) in [4.78, 5) is 9.01. The van der Waals surface area contributed by atoms with Gasteiger partial charge in [0.05, 0.1) is 0 Å². The molecule has 0 amide bonds. The molecule has 1 aromatic heterocycles. The number of benzene rings is 1. The van der Waals surface area contributed by atoms with Crippen molar-refractivity contribution < 1.29 is 0 Å². The van der Waals surface area contributed by atoms with Gasteiger partial charge in [0.15, 0.2) is 0 Å². The molecule has 21 heavy (non-hydrogen) atoms. The zero-order valence-electron chi connectivity index (χ0n) is 13.3. The van der Waals surface area contributed by atoms with Crippen LogP contribution in [0.3, 0.4) is 0 Å². The van der Waals surface area contributed by atoms with Crippen molar-refractivity contribution in [3.05, 3.63) is 41.2 Å². The molecule has 5 heteroatoms. The lowest BCUT2D eigenvalue weighted by Gasteiger charge is -2.19. The molecule has 0 aliphatic carbocycles. The van der Waals surface area contributed by atoms with Crippen molar-refractivity contribution in [1.29, 1.82) is 0 Å². The fourth-order valence-electron chi connectivity index (χ4n) is 2.01. The smallest absolute Gasteiger partial charge is 0.145 e. The Morgan fingerprint density at radius 3 is 2.24 bits per heavy atom. The van der Waals surface area contributed by atoms with Gasteiger partial charge in [-0.1, -0.05) is 38.5 Å². The van der Waals surface area contributed by atoms with Crippen LogP contribution in [0.1, 0.15) is 37.7 Å². The Morgan fingerprint density at radius 1 is 1.00 bits per heavy atom. The third-order valence-corrected chi connectivity index (χ3v) is 3.19. The van der Waals surface area contributed by atoms with Crippen LogP contribution < -0.4 is 16.6 Å². The second-order valence-corrected chi connectivity index (χ2v) is 6.30. The maximum absolute atomic E-state index is 5.51. The van der Waals surface area contributed by atoms with Crippen molar-refractivity contribution in [3.63, 3.8) is 0 Å². The minimum atomic E-state index is -0.147. The van der Waals surface area contributed by atoms with Gasteiger partial charge in [0.1, 0.15) is 17.5 Å². The average molecular weight is 285 g/mol. The van der Waals surface area contributed by atoms with E-state index in [1.807, 2.05) is 0 Å². The zero-order valence-corrected chi connectivity index (χ0v) is 13.3. The van der Waals surface area contributed by atoms with Crippen molar-refractivity contribution in [2.45, 2.75) is 40.0 Å². The van der Waals surface area contributed by atoms with E-state index >= 15 is 0 Å². The molecule has 0 spiro atoms. The minimum Gasteiger partial charge on any atom is -0.340 e. The number of aryl methyl sites for hydroxylation is 2. The number of hydrogen-bond donors (Lipinski definition) is 3. The Hall–Kier alpha value is -2.14. The van der Waals surface area contributed by atoms with Gasteiger partial charge in [-0.15, -0.1) is 0 Å². The van der Waals surface area contributed by atoms with Gasteiger partial charge in [0, 0.05) is 17.2 Å². The third-order valence-electron chi connectivity index (χ3n) is 3.19. The van der Waals surface area contributed by atoms with Crippen LogP contribution in [0.4, 0.5) is 17.3 Å². The molecule has 0 atom stereocenters. The first-order chi connectivity index (χ1) is 9.79. The standard InChI is InChI=1S/C16H23N5/c1-10-6-7-12(11(2)8-10)18-13-9-14(21-17)20-15(19-13)16(3,4)5/h6-9H,17H2,1-5H3,(H2,18,19,20,21). The van der Waals surface area contributed by atoms with Crippen LogP contribution in [-0.2, 0) is 5.41 Å². The van der Waals surface area contributed by atoms with Gasteiger partial charge in [-0.2, -0.15) is 0 Å². The topological polar surface area (TPSA) is 75.9 Å². The monoisotopic (exact) mass is 285 g/mol. The lowest BCUT2D eigenvalue weighted by molar-refractivity contribution is 0.547. The number of nitrogens with zero attached hydrogens (tertiary/aromatic N) is 2. The Balaban J connectivity index is 2.39. The van der Waals surface area contributed by atoms with Gasteiger partial charge in [-0.05, 0) is 25.5 Å². The van der Waals surface area contributed by atoms with E-state index in [0.717, 1.165) is 17.3 Å². The average Bonchev–Trinajstić information content (AvgIpc) is 2.40. The molecule has 0 saturated heterocycles. The second-order valence-electron chi connectivity index (χ2n) is 6.30.